The number of nitrogens with zero attached hydrogens (tertiary/aromatic N) is 2. The third kappa shape index (κ3) is 3.16. The van der Waals surface area contributed by atoms with Gasteiger partial charge in [-0.3, -0.25) is 9.40 Å². The molecule has 0 amide bonds. The molecule has 0 fully saturated rings. The van der Waals surface area contributed by atoms with Crippen molar-refractivity contribution in [2.45, 2.75) is 16.6 Å². The smallest absolute Gasteiger partial charge is 0.265 e. The Morgan fingerprint density at radius 3 is 2.63 bits per heavy atom. The lowest BCUT2D eigenvalue weighted by molar-refractivity contribution is 0.601. The summed E-state index contributed by atoms with van der Waals surface area (Å²) in [7, 11) is -1.93. The fourth-order valence-electron chi connectivity index (χ4n) is 1.68. The minimum absolute atomic E-state index is 0.0558. The first-order chi connectivity index (χ1) is 8.90. The maximum absolute atomic E-state index is 12.2. The molecule has 1 atom stereocenters. The number of nitrogens with one attached hydrogen (secondary N) is 1. The quantitative estimate of drug-likeness (QED) is 0.868. The van der Waals surface area contributed by atoms with E-state index >= 15 is 0 Å². The van der Waals surface area contributed by atoms with Crippen molar-refractivity contribution >= 4 is 31.6 Å². The minimum Gasteiger partial charge on any atom is -0.279 e. The monoisotopic (exact) mass is 343 g/mol. The summed E-state index contributed by atoms with van der Waals surface area (Å²) in [5.74, 6) is 0. The predicted molar refractivity (Wildman–Crippen MR) is 77.8 cm³/mol. The number of para-hydroxylation sites is 1. The van der Waals surface area contributed by atoms with Crippen molar-refractivity contribution in [3.8, 4) is 0 Å². The highest BCUT2D eigenvalue weighted by Gasteiger charge is 2.18. The molecule has 102 valence electrons. The van der Waals surface area contributed by atoms with Gasteiger partial charge in [0.2, 0.25) is 0 Å². The SMILES string of the molecule is CC(Br)c1ccccc1NS(=O)(=O)c1cnn(C)c1. The number of anilines is 1. The summed E-state index contributed by atoms with van der Waals surface area (Å²) in [4.78, 5) is 0.201. The summed E-state index contributed by atoms with van der Waals surface area (Å²) in [6, 6.07) is 7.27. The molecule has 7 heteroatoms. The first kappa shape index (κ1) is 14.1. The normalized spacial score (nSPS) is 13.2. The van der Waals surface area contributed by atoms with Crippen LogP contribution in [0.1, 0.15) is 17.3 Å². The lowest BCUT2D eigenvalue weighted by Gasteiger charge is -2.13. The predicted octanol–water partition coefficient (Wildman–Crippen LogP) is 2.68. The van der Waals surface area contributed by atoms with Crippen molar-refractivity contribution in [1.82, 2.24) is 9.78 Å². The average molecular weight is 344 g/mol. The number of aromatic nitrogens is 2. The summed E-state index contributed by atoms with van der Waals surface area (Å²) in [6.45, 7) is 1.94. The molecule has 1 unspecified atom stereocenters. The van der Waals surface area contributed by atoms with Crippen molar-refractivity contribution in [3.63, 3.8) is 0 Å². The summed E-state index contributed by atoms with van der Waals surface area (Å²) >= 11 is 3.45. The summed E-state index contributed by atoms with van der Waals surface area (Å²) in [5, 5.41) is 3.87. The van der Waals surface area contributed by atoms with Crippen LogP contribution in [-0.2, 0) is 17.1 Å². The van der Waals surface area contributed by atoms with Gasteiger partial charge in [0.1, 0.15) is 4.90 Å². The molecule has 0 saturated heterocycles. The van der Waals surface area contributed by atoms with Gasteiger partial charge < -0.3 is 0 Å². The van der Waals surface area contributed by atoms with Crippen LogP contribution in [0.2, 0.25) is 0 Å². The van der Waals surface area contributed by atoms with Crippen molar-refractivity contribution < 1.29 is 8.42 Å². The van der Waals surface area contributed by atoms with E-state index in [-0.39, 0.29) is 9.72 Å². The van der Waals surface area contributed by atoms with E-state index in [9.17, 15) is 8.42 Å². The number of alkyl halides is 1. The van der Waals surface area contributed by atoms with Gasteiger partial charge in [-0.25, -0.2) is 8.42 Å². The van der Waals surface area contributed by atoms with Gasteiger partial charge in [0, 0.05) is 18.1 Å². The zero-order valence-corrected chi connectivity index (χ0v) is 12.9. The van der Waals surface area contributed by atoms with Crippen molar-refractivity contribution in [2.75, 3.05) is 4.72 Å². The van der Waals surface area contributed by atoms with Crippen LogP contribution in [0, 0.1) is 0 Å². The van der Waals surface area contributed by atoms with E-state index in [0.29, 0.717) is 5.69 Å². The molecule has 1 aromatic carbocycles. The molecule has 5 nitrogen and oxygen atoms in total. The van der Waals surface area contributed by atoms with Crippen LogP contribution in [0.5, 0.6) is 0 Å². The highest BCUT2D eigenvalue weighted by atomic mass is 79.9. The molecule has 0 saturated carbocycles. The highest BCUT2D eigenvalue weighted by Crippen LogP contribution is 2.30. The first-order valence-electron chi connectivity index (χ1n) is 5.64. The van der Waals surface area contributed by atoms with E-state index in [1.807, 2.05) is 19.1 Å². The minimum atomic E-state index is -3.60. The average Bonchev–Trinajstić information content (AvgIpc) is 2.76. The fraction of sp³-hybridized carbons (Fsp3) is 0.250. The molecular formula is C12H14BrN3O2S. The van der Waals surface area contributed by atoms with Gasteiger partial charge in [-0.15, -0.1) is 0 Å². The van der Waals surface area contributed by atoms with Crippen molar-refractivity contribution in [3.05, 3.63) is 42.2 Å². The van der Waals surface area contributed by atoms with Gasteiger partial charge in [-0.1, -0.05) is 34.1 Å². The lowest BCUT2D eigenvalue weighted by Crippen LogP contribution is -2.13. The van der Waals surface area contributed by atoms with Gasteiger partial charge in [0.15, 0.2) is 0 Å². The van der Waals surface area contributed by atoms with Crippen LogP contribution in [0.3, 0.4) is 0 Å². The van der Waals surface area contributed by atoms with Crippen LogP contribution in [0.4, 0.5) is 5.69 Å². The fourth-order valence-corrected chi connectivity index (χ4v) is 3.15. The van der Waals surface area contributed by atoms with E-state index in [0.717, 1.165) is 5.56 Å². The zero-order valence-electron chi connectivity index (χ0n) is 10.5. The summed E-state index contributed by atoms with van der Waals surface area (Å²) in [6.07, 6.45) is 2.78. The second kappa shape index (κ2) is 5.34. The molecule has 0 aliphatic heterocycles. The maximum atomic E-state index is 12.2. The van der Waals surface area contributed by atoms with Gasteiger partial charge >= 0.3 is 0 Å². The third-order valence-corrected chi connectivity index (χ3v) is 4.44. The third-order valence-electron chi connectivity index (χ3n) is 2.63. The number of hydrogen-bond donors (Lipinski definition) is 1. The summed E-state index contributed by atoms with van der Waals surface area (Å²) < 4.78 is 28.5. The number of benzene rings is 1. The number of hydrogen-bond acceptors (Lipinski definition) is 3. The van der Waals surface area contributed by atoms with Crippen molar-refractivity contribution in [1.29, 1.82) is 0 Å². The Kier molecular flexibility index (Phi) is 3.96. The number of aryl methyl sites for hydroxylation is 1. The maximum Gasteiger partial charge on any atom is 0.265 e. The largest absolute Gasteiger partial charge is 0.279 e. The molecule has 2 rings (SSSR count). The Bertz CT molecular complexity index is 680. The van der Waals surface area contributed by atoms with E-state index in [2.05, 4.69) is 25.8 Å². The highest BCUT2D eigenvalue weighted by molar-refractivity contribution is 9.09. The molecule has 2 aromatic rings. The Labute approximate surface area is 120 Å². The van der Waals surface area contributed by atoms with Crippen molar-refractivity contribution in [2.24, 2.45) is 7.05 Å². The van der Waals surface area contributed by atoms with Gasteiger partial charge in [0.25, 0.3) is 10.0 Å². The van der Waals surface area contributed by atoms with Gasteiger partial charge in [-0.05, 0) is 18.6 Å². The summed E-state index contributed by atoms with van der Waals surface area (Å²) in [5.41, 5.74) is 1.45. The molecule has 0 aliphatic rings. The van der Waals surface area contributed by atoms with Crippen LogP contribution < -0.4 is 4.72 Å². The molecule has 19 heavy (non-hydrogen) atoms. The van der Waals surface area contributed by atoms with E-state index in [4.69, 9.17) is 0 Å². The molecule has 1 aromatic heterocycles. The Hall–Kier alpha value is -1.34. The standard InChI is InChI=1S/C12H14BrN3O2S/c1-9(13)11-5-3-4-6-12(11)15-19(17,18)10-7-14-16(2)8-10/h3-9,15H,1-2H3. The van der Waals surface area contributed by atoms with E-state index in [1.165, 1.54) is 17.1 Å². The van der Waals surface area contributed by atoms with Gasteiger partial charge in [0.05, 0.1) is 11.9 Å². The van der Waals surface area contributed by atoms with Gasteiger partial charge in [-0.2, -0.15) is 5.10 Å². The first-order valence-corrected chi connectivity index (χ1v) is 8.04. The second-order valence-electron chi connectivity index (χ2n) is 4.16. The Morgan fingerprint density at radius 1 is 1.37 bits per heavy atom. The van der Waals surface area contributed by atoms with Crippen LogP contribution in [0.25, 0.3) is 0 Å². The lowest BCUT2D eigenvalue weighted by atomic mass is 10.1. The van der Waals surface area contributed by atoms with E-state index < -0.39 is 10.0 Å². The van der Waals surface area contributed by atoms with E-state index in [1.54, 1.807) is 19.2 Å². The zero-order chi connectivity index (χ0) is 14.0. The molecule has 0 spiro atoms. The number of sulfonamides is 1. The molecule has 1 N–H and O–H groups in total. The molecule has 1 heterocycles. The molecule has 0 bridgehead atoms. The second-order valence-corrected chi connectivity index (χ2v) is 7.21. The van der Waals surface area contributed by atoms with Crippen LogP contribution in [-0.4, -0.2) is 18.2 Å². The van der Waals surface area contributed by atoms with Crippen LogP contribution >= 0.6 is 15.9 Å². The molecule has 0 aliphatic carbocycles. The molecular weight excluding hydrogens is 330 g/mol. The number of rotatable bonds is 4. The number of halogens is 1. The van der Waals surface area contributed by atoms with Crippen LogP contribution in [0.15, 0.2) is 41.6 Å². The molecule has 0 radical (unpaired) electrons. The Balaban J connectivity index is 2.36. The topological polar surface area (TPSA) is 64.0 Å². The Morgan fingerprint density at radius 2 is 2.05 bits per heavy atom.